The summed E-state index contributed by atoms with van der Waals surface area (Å²) >= 11 is 0. The predicted octanol–water partition coefficient (Wildman–Crippen LogP) is -0.0351. The molecule has 4 rings (SSSR count). The molecule has 2 atom stereocenters. The smallest absolute Gasteiger partial charge is 0.312 e. The molecule has 10 nitrogen and oxygen atoms in total. The summed E-state index contributed by atoms with van der Waals surface area (Å²) in [6.07, 6.45) is 5.55. The van der Waals surface area contributed by atoms with E-state index < -0.39 is 0 Å². The van der Waals surface area contributed by atoms with E-state index >= 15 is 0 Å². The van der Waals surface area contributed by atoms with Gasteiger partial charge in [0.15, 0.2) is 0 Å². The number of carbonyl (C=O) groups is 2. The third-order valence-electron chi connectivity index (χ3n) is 5.84. The van der Waals surface area contributed by atoms with Crippen molar-refractivity contribution < 1.29 is 14.3 Å². The standard InChI is InChI=1S/C21H29N7O3/c1-3-31-20(30)16-12-26-9-10-27(19(29)11-17-5-8-25(2)24-17)14-18(26)15-28(13-16)21-22-6-4-7-23-21/h4-8,16,18H,3,9-15H2,1-2H3/t16-,18-/m1/s1. The first-order valence-corrected chi connectivity index (χ1v) is 10.7. The molecule has 4 heterocycles. The maximum absolute atomic E-state index is 12.9. The highest BCUT2D eigenvalue weighted by Gasteiger charge is 2.38. The molecule has 10 heteroatoms. The largest absolute Gasteiger partial charge is 0.466 e. The lowest BCUT2D eigenvalue weighted by atomic mass is 10.1. The molecule has 0 spiro atoms. The van der Waals surface area contributed by atoms with Gasteiger partial charge in [-0.2, -0.15) is 5.10 Å². The van der Waals surface area contributed by atoms with Crippen LogP contribution < -0.4 is 4.90 Å². The van der Waals surface area contributed by atoms with Crippen molar-refractivity contribution in [2.75, 3.05) is 50.8 Å². The van der Waals surface area contributed by atoms with Gasteiger partial charge in [0.05, 0.1) is 24.6 Å². The molecule has 0 N–H and O–H groups in total. The van der Waals surface area contributed by atoms with Crippen LogP contribution in [0, 0.1) is 5.92 Å². The zero-order chi connectivity index (χ0) is 21.8. The Morgan fingerprint density at radius 3 is 2.65 bits per heavy atom. The molecular formula is C21H29N7O3. The number of aryl methyl sites for hydroxylation is 1. The van der Waals surface area contributed by atoms with Gasteiger partial charge in [0.25, 0.3) is 0 Å². The molecule has 0 radical (unpaired) electrons. The van der Waals surface area contributed by atoms with Gasteiger partial charge in [-0.3, -0.25) is 19.2 Å². The highest BCUT2D eigenvalue weighted by molar-refractivity contribution is 5.78. The first kappa shape index (κ1) is 21.2. The molecular weight excluding hydrogens is 398 g/mol. The topological polar surface area (TPSA) is 96.7 Å². The van der Waals surface area contributed by atoms with Crippen LogP contribution in [0.3, 0.4) is 0 Å². The Balaban J connectivity index is 1.49. The number of nitrogens with zero attached hydrogens (tertiary/aromatic N) is 7. The summed E-state index contributed by atoms with van der Waals surface area (Å²) in [7, 11) is 1.85. The van der Waals surface area contributed by atoms with Crippen LogP contribution in [-0.2, 0) is 27.8 Å². The lowest BCUT2D eigenvalue weighted by Crippen LogP contribution is -2.57. The summed E-state index contributed by atoms with van der Waals surface area (Å²) in [5.74, 6) is 0.185. The number of piperazine rings is 1. The Kier molecular flexibility index (Phi) is 6.45. The third-order valence-corrected chi connectivity index (χ3v) is 5.84. The zero-order valence-electron chi connectivity index (χ0n) is 18.1. The summed E-state index contributed by atoms with van der Waals surface area (Å²) < 4.78 is 7.03. The average molecular weight is 428 g/mol. The van der Waals surface area contributed by atoms with Gasteiger partial charge >= 0.3 is 5.97 Å². The van der Waals surface area contributed by atoms with Gasteiger partial charge in [-0.1, -0.05) is 0 Å². The molecule has 0 saturated carbocycles. The molecule has 0 unspecified atom stereocenters. The molecule has 1 amide bonds. The van der Waals surface area contributed by atoms with Crippen molar-refractivity contribution in [3.05, 3.63) is 36.4 Å². The van der Waals surface area contributed by atoms with Gasteiger partial charge < -0.3 is 14.5 Å². The molecule has 2 aromatic heterocycles. The Morgan fingerprint density at radius 2 is 1.94 bits per heavy atom. The van der Waals surface area contributed by atoms with E-state index in [2.05, 4.69) is 20.0 Å². The second kappa shape index (κ2) is 9.42. The van der Waals surface area contributed by atoms with Crippen molar-refractivity contribution in [3.8, 4) is 0 Å². The first-order chi connectivity index (χ1) is 15.0. The van der Waals surface area contributed by atoms with E-state index in [9.17, 15) is 9.59 Å². The van der Waals surface area contributed by atoms with Crippen LogP contribution in [0.15, 0.2) is 30.7 Å². The number of aromatic nitrogens is 4. The van der Waals surface area contributed by atoms with Gasteiger partial charge in [0, 0.05) is 70.9 Å². The fraction of sp³-hybridized carbons (Fsp3) is 0.571. The van der Waals surface area contributed by atoms with Gasteiger partial charge in [-0.25, -0.2) is 9.97 Å². The number of hydrogen-bond acceptors (Lipinski definition) is 8. The second-order valence-electron chi connectivity index (χ2n) is 8.05. The van der Waals surface area contributed by atoms with Crippen molar-refractivity contribution in [2.24, 2.45) is 13.0 Å². The van der Waals surface area contributed by atoms with Gasteiger partial charge in [-0.05, 0) is 19.1 Å². The van der Waals surface area contributed by atoms with E-state index in [1.807, 2.05) is 36.0 Å². The van der Waals surface area contributed by atoms with Crippen LogP contribution in [0.1, 0.15) is 12.6 Å². The number of carbonyl (C=O) groups excluding carboxylic acids is 2. The lowest BCUT2D eigenvalue weighted by molar-refractivity contribution is -0.148. The van der Waals surface area contributed by atoms with E-state index in [0.717, 1.165) is 12.2 Å². The molecule has 2 aromatic rings. The van der Waals surface area contributed by atoms with Crippen molar-refractivity contribution in [3.63, 3.8) is 0 Å². The van der Waals surface area contributed by atoms with E-state index in [-0.39, 0.29) is 23.8 Å². The molecule has 31 heavy (non-hydrogen) atoms. The van der Waals surface area contributed by atoms with E-state index in [4.69, 9.17) is 4.74 Å². The van der Waals surface area contributed by atoms with Crippen molar-refractivity contribution in [1.82, 2.24) is 29.5 Å². The van der Waals surface area contributed by atoms with Crippen molar-refractivity contribution in [1.29, 1.82) is 0 Å². The molecule has 2 aliphatic heterocycles. The monoisotopic (exact) mass is 427 g/mol. The van der Waals surface area contributed by atoms with Gasteiger partial charge in [-0.15, -0.1) is 0 Å². The zero-order valence-corrected chi connectivity index (χ0v) is 18.1. The van der Waals surface area contributed by atoms with E-state index in [1.165, 1.54) is 0 Å². The normalized spacial score (nSPS) is 22.0. The third kappa shape index (κ3) is 5.01. The van der Waals surface area contributed by atoms with Crippen molar-refractivity contribution >= 4 is 17.8 Å². The van der Waals surface area contributed by atoms with E-state index in [1.54, 1.807) is 23.1 Å². The summed E-state index contributed by atoms with van der Waals surface area (Å²) in [6, 6.07) is 3.73. The van der Waals surface area contributed by atoms with Crippen LogP contribution in [0.4, 0.5) is 5.95 Å². The maximum Gasteiger partial charge on any atom is 0.312 e. The Morgan fingerprint density at radius 1 is 1.13 bits per heavy atom. The molecule has 166 valence electrons. The minimum absolute atomic E-state index is 0.0760. The number of rotatable bonds is 5. The molecule has 2 saturated heterocycles. The molecule has 0 aliphatic carbocycles. The summed E-state index contributed by atoms with van der Waals surface area (Å²) in [6.45, 7) is 5.89. The lowest BCUT2D eigenvalue weighted by Gasteiger charge is -2.41. The van der Waals surface area contributed by atoms with Crippen LogP contribution in [-0.4, -0.2) is 93.3 Å². The Bertz CT molecular complexity index is 903. The fourth-order valence-corrected chi connectivity index (χ4v) is 4.32. The fourth-order valence-electron chi connectivity index (χ4n) is 4.32. The molecule has 2 fully saturated rings. The molecule has 0 aromatic carbocycles. The number of amides is 1. The number of hydrogen-bond donors (Lipinski definition) is 0. The first-order valence-electron chi connectivity index (χ1n) is 10.7. The molecule has 2 aliphatic rings. The van der Waals surface area contributed by atoms with Gasteiger partial charge in [0.1, 0.15) is 0 Å². The average Bonchev–Trinajstić information content (AvgIpc) is 3.07. The second-order valence-corrected chi connectivity index (χ2v) is 8.05. The number of fused-ring (bicyclic) bond motifs is 1. The van der Waals surface area contributed by atoms with E-state index in [0.29, 0.717) is 51.7 Å². The quantitative estimate of drug-likeness (QED) is 0.614. The molecule has 0 bridgehead atoms. The van der Waals surface area contributed by atoms with Crippen molar-refractivity contribution in [2.45, 2.75) is 19.4 Å². The minimum Gasteiger partial charge on any atom is -0.466 e. The predicted molar refractivity (Wildman–Crippen MR) is 113 cm³/mol. The number of anilines is 1. The highest BCUT2D eigenvalue weighted by Crippen LogP contribution is 2.22. The minimum atomic E-state index is -0.287. The Hall–Kier alpha value is -3.01. The Labute approximate surface area is 181 Å². The van der Waals surface area contributed by atoms with Crippen LogP contribution in [0.2, 0.25) is 0 Å². The van der Waals surface area contributed by atoms with Crippen LogP contribution in [0.25, 0.3) is 0 Å². The summed E-state index contributed by atoms with van der Waals surface area (Å²) in [4.78, 5) is 40.5. The number of esters is 1. The van der Waals surface area contributed by atoms with Gasteiger partial charge in [0.2, 0.25) is 11.9 Å². The highest BCUT2D eigenvalue weighted by atomic mass is 16.5. The van der Waals surface area contributed by atoms with Crippen LogP contribution in [0.5, 0.6) is 0 Å². The SMILES string of the molecule is CCOC(=O)[C@H]1CN(c2ncccn2)C[C@H]2CN(C(=O)Cc3ccn(C)n3)CCN2C1. The maximum atomic E-state index is 12.9. The number of ether oxygens (including phenoxy) is 1. The summed E-state index contributed by atoms with van der Waals surface area (Å²) in [5.41, 5.74) is 0.775. The van der Waals surface area contributed by atoms with Crippen LogP contribution >= 0.6 is 0 Å². The summed E-state index contributed by atoms with van der Waals surface area (Å²) in [5, 5.41) is 4.32.